The molecule has 5 rings (SSSR count). The molecular formula is C32H36FN3O3. The van der Waals surface area contributed by atoms with Crippen LogP contribution in [0.2, 0.25) is 0 Å². The molecule has 2 fully saturated rings. The zero-order valence-corrected chi connectivity index (χ0v) is 22.5. The Morgan fingerprint density at radius 1 is 0.974 bits per heavy atom. The van der Waals surface area contributed by atoms with E-state index >= 15 is 0 Å². The van der Waals surface area contributed by atoms with Gasteiger partial charge in [-0.25, -0.2) is 4.39 Å². The molecule has 1 aliphatic carbocycles. The Bertz CT molecular complexity index is 1290. The molecular weight excluding hydrogens is 493 g/mol. The molecule has 0 N–H and O–H groups in total. The van der Waals surface area contributed by atoms with Crippen molar-refractivity contribution >= 4 is 11.6 Å². The van der Waals surface area contributed by atoms with E-state index in [0.29, 0.717) is 18.7 Å². The summed E-state index contributed by atoms with van der Waals surface area (Å²) in [5.41, 5.74) is 4.23. The summed E-state index contributed by atoms with van der Waals surface area (Å²) in [6.07, 6.45) is 5.45. The minimum Gasteiger partial charge on any atom is -0.335 e. The first-order chi connectivity index (χ1) is 18.9. The fourth-order valence-corrected chi connectivity index (χ4v) is 6.41. The van der Waals surface area contributed by atoms with Crippen LogP contribution in [0.15, 0.2) is 72.8 Å². The molecule has 204 valence electrons. The summed E-state index contributed by atoms with van der Waals surface area (Å²) in [4.78, 5) is 29.0. The number of hydrogen-bond donors (Lipinski definition) is 0. The molecule has 1 aliphatic heterocycles. The Kier molecular flexibility index (Phi) is 8.36. The average Bonchev–Trinajstić information content (AvgIpc) is 3.34. The average molecular weight is 530 g/mol. The maximum absolute atomic E-state index is 13.8. The summed E-state index contributed by atoms with van der Waals surface area (Å²) >= 11 is 0. The minimum atomic E-state index is -0.373. The molecule has 39 heavy (non-hydrogen) atoms. The van der Waals surface area contributed by atoms with E-state index in [2.05, 4.69) is 41.0 Å². The number of rotatable bonds is 8. The summed E-state index contributed by atoms with van der Waals surface area (Å²) in [6.45, 7) is 5.18. The second-order valence-corrected chi connectivity index (χ2v) is 11.1. The van der Waals surface area contributed by atoms with Crippen LogP contribution in [0.4, 0.5) is 10.1 Å². The van der Waals surface area contributed by atoms with E-state index < -0.39 is 0 Å². The van der Waals surface area contributed by atoms with Crippen molar-refractivity contribution in [2.24, 2.45) is 5.92 Å². The Morgan fingerprint density at radius 2 is 1.67 bits per heavy atom. The molecule has 1 heterocycles. The van der Waals surface area contributed by atoms with Crippen LogP contribution in [0.1, 0.15) is 65.1 Å². The van der Waals surface area contributed by atoms with E-state index in [0.717, 1.165) is 44.3 Å². The molecule has 2 aliphatic rings. The second-order valence-electron chi connectivity index (χ2n) is 11.1. The number of hydrogen-bond acceptors (Lipinski definition) is 4. The molecule has 0 aromatic heterocycles. The van der Waals surface area contributed by atoms with E-state index in [9.17, 15) is 19.3 Å². The Balaban J connectivity index is 1.41. The minimum absolute atomic E-state index is 0.0146. The number of benzene rings is 3. The number of amides is 1. The van der Waals surface area contributed by atoms with Crippen LogP contribution in [-0.2, 0) is 6.54 Å². The number of non-ortho nitro benzene ring substituents is 1. The SMILES string of the molecule is Cc1ccccc1[C@@H]1CN(Cc2ccc([N+](=O)[O-])cc2)C[C@H]1CN(C(=O)c1ccc(F)cc1)C1CCCCC1. The summed E-state index contributed by atoms with van der Waals surface area (Å²) in [5, 5.41) is 11.1. The van der Waals surface area contributed by atoms with Crippen LogP contribution in [0, 0.1) is 28.8 Å². The van der Waals surface area contributed by atoms with E-state index in [1.807, 2.05) is 12.1 Å². The van der Waals surface area contributed by atoms with Crippen LogP contribution in [0.5, 0.6) is 0 Å². The lowest BCUT2D eigenvalue weighted by molar-refractivity contribution is -0.384. The monoisotopic (exact) mass is 529 g/mol. The van der Waals surface area contributed by atoms with Gasteiger partial charge in [0.25, 0.3) is 11.6 Å². The van der Waals surface area contributed by atoms with Gasteiger partial charge in [0.1, 0.15) is 5.82 Å². The highest BCUT2D eigenvalue weighted by atomic mass is 19.1. The van der Waals surface area contributed by atoms with E-state index in [4.69, 9.17) is 0 Å². The smallest absolute Gasteiger partial charge is 0.269 e. The number of nitro groups is 1. The molecule has 3 aromatic rings. The molecule has 2 atom stereocenters. The highest BCUT2D eigenvalue weighted by molar-refractivity contribution is 5.94. The van der Waals surface area contributed by atoms with Crippen molar-refractivity contribution in [3.8, 4) is 0 Å². The molecule has 0 bridgehead atoms. The first kappa shape index (κ1) is 27.0. The number of nitro benzene ring substituents is 1. The lowest BCUT2D eigenvalue weighted by Gasteiger charge is -2.37. The van der Waals surface area contributed by atoms with Crippen molar-refractivity contribution in [2.45, 2.75) is 57.5 Å². The van der Waals surface area contributed by atoms with E-state index in [1.54, 1.807) is 24.3 Å². The highest BCUT2D eigenvalue weighted by Crippen LogP contribution is 2.37. The Labute approximate surface area is 229 Å². The van der Waals surface area contributed by atoms with Crippen LogP contribution in [0.3, 0.4) is 0 Å². The third kappa shape index (κ3) is 6.36. The summed E-state index contributed by atoms with van der Waals surface area (Å²) in [7, 11) is 0. The fraction of sp³-hybridized carbons (Fsp3) is 0.406. The van der Waals surface area contributed by atoms with Crippen LogP contribution >= 0.6 is 0 Å². The molecule has 3 aromatic carbocycles. The Morgan fingerprint density at radius 3 is 2.33 bits per heavy atom. The van der Waals surface area contributed by atoms with E-state index in [-0.39, 0.29) is 40.2 Å². The zero-order valence-electron chi connectivity index (χ0n) is 22.5. The van der Waals surface area contributed by atoms with Gasteiger partial charge in [0.2, 0.25) is 0 Å². The predicted octanol–water partition coefficient (Wildman–Crippen LogP) is 6.73. The molecule has 0 unspecified atom stereocenters. The van der Waals surface area contributed by atoms with Gasteiger partial charge < -0.3 is 4.90 Å². The molecule has 1 saturated heterocycles. The normalized spacial score (nSPS) is 20.2. The Hall–Kier alpha value is -3.58. The number of aryl methyl sites for hydroxylation is 1. The summed E-state index contributed by atoms with van der Waals surface area (Å²) < 4.78 is 13.6. The maximum Gasteiger partial charge on any atom is 0.269 e. The van der Waals surface area contributed by atoms with Gasteiger partial charge in [0, 0.05) is 55.8 Å². The topological polar surface area (TPSA) is 66.7 Å². The number of carbonyl (C=O) groups is 1. The standard InChI is InChI=1S/C32H36FN3O3/c1-23-7-5-6-10-30(23)31-22-34(19-24-11-17-29(18-12-24)36(38)39)20-26(31)21-35(28-8-3-2-4-9-28)32(37)25-13-15-27(33)16-14-25/h5-7,10-18,26,28,31H,2-4,8-9,19-22H2,1H3/t26-,31+/m0/s1. The largest absolute Gasteiger partial charge is 0.335 e. The van der Waals surface area contributed by atoms with Crippen molar-refractivity contribution in [2.75, 3.05) is 19.6 Å². The molecule has 0 radical (unpaired) electrons. The van der Waals surface area contributed by atoms with Gasteiger partial charge in [-0.1, -0.05) is 55.7 Å². The molecule has 1 saturated carbocycles. The van der Waals surface area contributed by atoms with Gasteiger partial charge in [-0.05, 0) is 66.6 Å². The van der Waals surface area contributed by atoms with Crippen molar-refractivity contribution in [1.82, 2.24) is 9.80 Å². The lowest BCUT2D eigenvalue weighted by atomic mass is 9.85. The van der Waals surface area contributed by atoms with Crippen molar-refractivity contribution < 1.29 is 14.1 Å². The third-order valence-corrected chi connectivity index (χ3v) is 8.46. The first-order valence-corrected chi connectivity index (χ1v) is 14.0. The van der Waals surface area contributed by atoms with Gasteiger partial charge in [-0.2, -0.15) is 0 Å². The van der Waals surface area contributed by atoms with Gasteiger partial charge in [0.15, 0.2) is 0 Å². The number of likely N-dealkylation sites (tertiary alicyclic amines) is 1. The second kappa shape index (κ2) is 12.1. The molecule has 1 amide bonds. The zero-order chi connectivity index (χ0) is 27.4. The van der Waals surface area contributed by atoms with Crippen molar-refractivity contribution in [1.29, 1.82) is 0 Å². The highest BCUT2D eigenvalue weighted by Gasteiger charge is 2.38. The van der Waals surface area contributed by atoms with E-state index in [1.165, 1.54) is 29.7 Å². The lowest BCUT2D eigenvalue weighted by Crippen LogP contribution is -2.45. The first-order valence-electron chi connectivity index (χ1n) is 14.0. The predicted molar refractivity (Wildman–Crippen MR) is 150 cm³/mol. The van der Waals surface area contributed by atoms with Crippen molar-refractivity contribution in [3.05, 3.63) is 111 Å². The van der Waals surface area contributed by atoms with Gasteiger partial charge >= 0.3 is 0 Å². The number of halogens is 1. The summed E-state index contributed by atoms with van der Waals surface area (Å²) in [5.74, 6) is 0.138. The molecule has 7 heteroatoms. The molecule has 0 spiro atoms. The van der Waals surface area contributed by atoms with Crippen LogP contribution in [0.25, 0.3) is 0 Å². The summed E-state index contributed by atoms with van der Waals surface area (Å²) in [6, 6.07) is 21.4. The van der Waals surface area contributed by atoms with Gasteiger partial charge in [-0.15, -0.1) is 0 Å². The van der Waals surface area contributed by atoms with Crippen LogP contribution in [-0.4, -0.2) is 46.3 Å². The van der Waals surface area contributed by atoms with Gasteiger partial charge in [-0.3, -0.25) is 19.8 Å². The fourth-order valence-electron chi connectivity index (χ4n) is 6.41. The van der Waals surface area contributed by atoms with Crippen LogP contribution < -0.4 is 0 Å². The van der Waals surface area contributed by atoms with Crippen molar-refractivity contribution in [3.63, 3.8) is 0 Å². The maximum atomic E-state index is 13.8. The quantitative estimate of drug-likeness (QED) is 0.240. The number of nitrogens with zero attached hydrogens (tertiary/aromatic N) is 3. The molecule has 6 nitrogen and oxygen atoms in total. The van der Waals surface area contributed by atoms with Gasteiger partial charge in [0.05, 0.1) is 4.92 Å². The third-order valence-electron chi connectivity index (χ3n) is 8.46. The number of carbonyl (C=O) groups excluding carboxylic acids is 1.